The molecule has 2 heterocycles. The molecule has 2 aliphatic heterocycles. The van der Waals surface area contributed by atoms with Crippen molar-refractivity contribution in [1.29, 1.82) is 0 Å². The summed E-state index contributed by atoms with van der Waals surface area (Å²) in [5.74, 6) is -0.910. The van der Waals surface area contributed by atoms with Gasteiger partial charge in [0, 0.05) is 30.8 Å². The van der Waals surface area contributed by atoms with E-state index in [1.54, 1.807) is 30.6 Å². The van der Waals surface area contributed by atoms with Crippen LogP contribution in [0.5, 0.6) is 0 Å². The number of ether oxygens (including phenoxy) is 2. The largest absolute Gasteiger partial charge is 0.444 e. The van der Waals surface area contributed by atoms with Gasteiger partial charge in [0.15, 0.2) is 0 Å². The van der Waals surface area contributed by atoms with Crippen molar-refractivity contribution < 1.29 is 23.5 Å². The lowest BCUT2D eigenvalue weighted by Gasteiger charge is -2.42. The zero-order chi connectivity index (χ0) is 19.9. The molecule has 148 valence electrons. The molecule has 3 rings (SSSR count). The minimum atomic E-state index is -0.600. The summed E-state index contributed by atoms with van der Waals surface area (Å²) in [6, 6.07) is 0.844. The fraction of sp³-hybridized carbons (Fsp3) is 0.556. The van der Waals surface area contributed by atoms with Crippen molar-refractivity contribution in [3.8, 4) is 0 Å². The van der Waals surface area contributed by atoms with E-state index in [4.69, 9.17) is 21.1 Å². The minimum absolute atomic E-state index is 0.0928. The molecule has 2 aliphatic rings. The normalized spacial score (nSPS) is 20.5. The zero-order valence-corrected chi connectivity index (χ0v) is 17.7. The van der Waals surface area contributed by atoms with Crippen LogP contribution in [-0.4, -0.2) is 59.7 Å². The number of hydrogen-bond donors (Lipinski definition) is 0. The molecule has 1 fully saturated rings. The smallest absolute Gasteiger partial charge is 0.410 e. The van der Waals surface area contributed by atoms with Crippen LogP contribution in [0.1, 0.15) is 36.7 Å². The van der Waals surface area contributed by atoms with E-state index in [2.05, 4.69) is 15.9 Å². The molecule has 27 heavy (non-hydrogen) atoms. The number of nitrogens with zero attached hydrogens (tertiary/aromatic N) is 2. The molecule has 1 atom stereocenters. The monoisotopic (exact) mass is 462 g/mol. The number of carbonyl (C=O) groups excluding carboxylic acids is 2. The van der Waals surface area contributed by atoms with Crippen molar-refractivity contribution in [1.82, 2.24) is 9.80 Å². The number of fused-ring (bicyclic) bond motifs is 2. The highest BCUT2D eigenvalue weighted by molar-refractivity contribution is 9.10. The van der Waals surface area contributed by atoms with Crippen LogP contribution in [-0.2, 0) is 16.1 Å². The maximum absolute atomic E-state index is 14.1. The van der Waals surface area contributed by atoms with E-state index in [0.717, 1.165) is 0 Å². The summed E-state index contributed by atoms with van der Waals surface area (Å²) in [6.45, 7) is 6.68. The SMILES string of the molecule is CC(C)(C)OC(=O)N1CCN2C(=O)c3cc(F)c(Br)c(Cl)c3COCC2C1. The van der Waals surface area contributed by atoms with Gasteiger partial charge in [0.25, 0.3) is 5.91 Å². The molecular formula is C18H21BrClFN2O4. The molecule has 0 radical (unpaired) electrons. The van der Waals surface area contributed by atoms with E-state index in [1.807, 2.05) is 0 Å². The second kappa shape index (κ2) is 7.56. The summed E-state index contributed by atoms with van der Waals surface area (Å²) in [7, 11) is 0. The Hall–Kier alpha value is -1.38. The van der Waals surface area contributed by atoms with Crippen LogP contribution in [0.4, 0.5) is 9.18 Å². The van der Waals surface area contributed by atoms with Crippen molar-refractivity contribution in [2.75, 3.05) is 26.2 Å². The van der Waals surface area contributed by atoms with E-state index in [9.17, 15) is 14.0 Å². The number of piperazine rings is 1. The maximum Gasteiger partial charge on any atom is 0.410 e. The summed E-state index contributed by atoms with van der Waals surface area (Å²) >= 11 is 9.30. The van der Waals surface area contributed by atoms with Gasteiger partial charge in [-0.1, -0.05) is 11.6 Å². The van der Waals surface area contributed by atoms with Gasteiger partial charge >= 0.3 is 6.09 Å². The summed E-state index contributed by atoms with van der Waals surface area (Å²) in [5, 5.41) is 0.143. The van der Waals surface area contributed by atoms with Crippen molar-refractivity contribution in [3.05, 3.63) is 32.5 Å². The third-order valence-corrected chi connectivity index (χ3v) is 5.87. The lowest BCUT2D eigenvalue weighted by molar-refractivity contribution is -0.0158. The molecule has 1 aromatic carbocycles. The van der Waals surface area contributed by atoms with Crippen LogP contribution in [0.3, 0.4) is 0 Å². The number of amides is 2. The maximum atomic E-state index is 14.1. The number of carbonyl (C=O) groups is 2. The van der Waals surface area contributed by atoms with Crippen LogP contribution in [0.2, 0.25) is 5.02 Å². The molecule has 0 saturated carbocycles. The van der Waals surface area contributed by atoms with Gasteiger partial charge in [-0.25, -0.2) is 9.18 Å². The van der Waals surface area contributed by atoms with Crippen molar-refractivity contribution in [2.24, 2.45) is 0 Å². The predicted molar refractivity (Wildman–Crippen MR) is 101 cm³/mol. The van der Waals surface area contributed by atoms with Crippen molar-refractivity contribution in [2.45, 2.75) is 39.0 Å². The molecule has 1 unspecified atom stereocenters. The molecular weight excluding hydrogens is 443 g/mol. The molecule has 0 aliphatic carbocycles. The van der Waals surface area contributed by atoms with Crippen LogP contribution in [0.15, 0.2) is 10.5 Å². The Balaban J connectivity index is 1.83. The topological polar surface area (TPSA) is 59.1 Å². The number of hydrogen-bond acceptors (Lipinski definition) is 4. The average molecular weight is 464 g/mol. The second-order valence-electron chi connectivity index (χ2n) is 7.61. The van der Waals surface area contributed by atoms with Crippen molar-refractivity contribution >= 4 is 39.5 Å². The number of benzene rings is 1. The van der Waals surface area contributed by atoms with Crippen LogP contribution in [0, 0.1) is 5.82 Å². The number of halogens is 3. The second-order valence-corrected chi connectivity index (χ2v) is 8.78. The molecule has 6 nitrogen and oxygen atoms in total. The lowest BCUT2D eigenvalue weighted by atomic mass is 10.0. The zero-order valence-electron chi connectivity index (χ0n) is 15.4. The lowest BCUT2D eigenvalue weighted by Crippen LogP contribution is -2.59. The Kier molecular flexibility index (Phi) is 5.70. The highest BCUT2D eigenvalue weighted by Crippen LogP contribution is 2.34. The van der Waals surface area contributed by atoms with Crippen LogP contribution >= 0.6 is 27.5 Å². The Morgan fingerprint density at radius 3 is 2.78 bits per heavy atom. The predicted octanol–water partition coefficient (Wildman–Crippen LogP) is 3.83. The molecule has 0 aromatic heterocycles. The third kappa shape index (κ3) is 4.22. The minimum Gasteiger partial charge on any atom is -0.444 e. The summed E-state index contributed by atoms with van der Waals surface area (Å²) < 4.78 is 25.4. The first-order valence-electron chi connectivity index (χ1n) is 8.61. The Morgan fingerprint density at radius 1 is 1.41 bits per heavy atom. The first-order valence-corrected chi connectivity index (χ1v) is 9.78. The van der Waals surface area contributed by atoms with Gasteiger partial charge in [0.2, 0.25) is 0 Å². The first kappa shape index (κ1) is 20.4. The average Bonchev–Trinajstić information content (AvgIpc) is 2.58. The van der Waals surface area contributed by atoms with Crippen LogP contribution < -0.4 is 0 Å². The van der Waals surface area contributed by atoms with E-state index < -0.39 is 17.5 Å². The number of rotatable bonds is 0. The third-order valence-electron chi connectivity index (χ3n) is 4.45. The summed E-state index contributed by atoms with van der Waals surface area (Å²) in [6.07, 6.45) is -0.421. The molecule has 9 heteroatoms. The fourth-order valence-electron chi connectivity index (χ4n) is 3.17. The Morgan fingerprint density at radius 2 is 2.11 bits per heavy atom. The van der Waals surface area contributed by atoms with Gasteiger partial charge in [-0.15, -0.1) is 0 Å². The van der Waals surface area contributed by atoms with Gasteiger partial charge in [-0.05, 0) is 42.8 Å². The first-order chi connectivity index (χ1) is 12.6. The summed E-state index contributed by atoms with van der Waals surface area (Å²) in [5.41, 5.74) is 0.0568. The molecule has 2 amide bonds. The van der Waals surface area contributed by atoms with Crippen molar-refractivity contribution in [3.63, 3.8) is 0 Å². The van der Waals surface area contributed by atoms with E-state index >= 15 is 0 Å². The van der Waals surface area contributed by atoms with E-state index in [1.165, 1.54) is 6.07 Å². The van der Waals surface area contributed by atoms with Gasteiger partial charge in [0.1, 0.15) is 11.4 Å². The quantitative estimate of drug-likeness (QED) is 0.549. The standard InChI is InChI=1S/C18H21BrClFN2O4/c1-18(2,3)27-17(25)22-4-5-23-10(7-22)8-26-9-12-11(16(23)24)6-13(21)14(19)15(12)20/h6,10H,4-5,7-9H2,1-3H3. The fourth-order valence-corrected chi connectivity index (χ4v) is 3.77. The Labute approximate surface area is 170 Å². The molecule has 0 spiro atoms. The highest BCUT2D eigenvalue weighted by atomic mass is 79.9. The highest BCUT2D eigenvalue weighted by Gasteiger charge is 2.37. The van der Waals surface area contributed by atoms with Gasteiger partial charge < -0.3 is 19.3 Å². The van der Waals surface area contributed by atoms with Gasteiger partial charge in [-0.3, -0.25) is 4.79 Å². The molecule has 1 aromatic rings. The summed E-state index contributed by atoms with van der Waals surface area (Å²) in [4.78, 5) is 28.6. The molecule has 1 saturated heterocycles. The van der Waals surface area contributed by atoms with Gasteiger partial charge in [-0.2, -0.15) is 0 Å². The van der Waals surface area contributed by atoms with Crippen LogP contribution in [0.25, 0.3) is 0 Å². The molecule has 0 bridgehead atoms. The molecule has 0 N–H and O–H groups in total. The van der Waals surface area contributed by atoms with Gasteiger partial charge in [0.05, 0.1) is 28.8 Å². The van der Waals surface area contributed by atoms with E-state index in [0.29, 0.717) is 25.2 Å². The Bertz CT molecular complexity index is 784. The van der Waals surface area contributed by atoms with E-state index in [-0.39, 0.29) is 40.2 Å².